The molecule has 2 amide bonds. The number of ether oxygens (including phenoxy) is 1. The lowest BCUT2D eigenvalue weighted by molar-refractivity contribution is -0.150. The summed E-state index contributed by atoms with van der Waals surface area (Å²) in [5.74, 6) is -3.03. The lowest BCUT2D eigenvalue weighted by atomic mass is 10.0. The number of thiazole rings is 1. The maximum atomic E-state index is 13.4. The Labute approximate surface area is 233 Å². The summed E-state index contributed by atoms with van der Waals surface area (Å²) in [5.41, 5.74) is 6.30. The van der Waals surface area contributed by atoms with Crippen molar-refractivity contribution in [2.75, 3.05) is 18.1 Å². The van der Waals surface area contributed by atoms with Crippen LogP contribution in [0, 0.1) is 0 Å². The number of carbonyl (C=O) groups excluding carboxylic acids is 3. The van der Waals surface area contributed by atoms with E-state index >= 15 is 0 Å². The molecule has 0 radical (unpaired) electrons. The molecular formula is C22H17Cl3N4O6S2. The summed E-state index contributed by atoms with van der Waals surface area (Å²) < 4.78 is 4.93. The molecular weight excluding hydrogens is 587 g/mol. The van der Waals surface area contributed by atoms with Gasteiger partial charge in [0.25, 0.3) is 11.8 Å². The number of hydrogen-bond acceptors (Lipinski definition) is 9. The zero-order valence-electron chi connectivity index (χ0n) is 18.8. The van der Waals surface area contributed by atoms with Gasteiger partial charge in [0.15, 0.2) is 5.13 Å². The summed E-state index contributed by atoms with van der Waals surface area (Å²) in [7, 11) is 0. The minimum absolute atomic E-state index is 0.0237. The summed E-state index contributed by atoms with van der Waals surface area (Å²) in [5, 5.41) is 14.0. The standard InChI is InChI=1S/C22H17Cl3N4O6S2/c1-8(30)35-5-9-6-36-20-16(19(32)29(20)17(9)21(33)34)28-18(31)11(14-7-37-22(26)27-14)4-10-12(23)2-3-13(24)15(10)25/h2-4,7,16,20H,5-6H2,1H3,(H2,26,27)(H,28,31)(H,33,34)/b11-4-/t16?,20-/m0/s1. The number of thioether (sulfide) groups is 1. The van der Waals surface area contributed by atoms with Crippen molar-refractivity contribution >= 4 is 98.4 Å². The third kappa shape index (κ3) is 5.43. The van der Waals surface area contributed by atoms with Gasteiger partial charge < -0.3 is 20.9 Å². The van der Waals surface area contributed by atoms with Crippen LogP contribution in [-0.4, -0.2) is 62.5 Å². The number of fused-ring (bicyclic) bond motifs is 1. The molecule has 2 atom stereocenters. The zero-order chi connectivity index (χ0) is 27.0. The molecule has 1 aromatic carbocycles. The molecule has 2 aromatic rings. The largest absolute Gasteiger partial charge is 0.477 e. The first-order valence-corrected chi connectivity index (χ1v) is 13.5. The number of halogens is 3. The number of rotatable bonds is 7. The van der Waals surface area contributed by atoms with Crippen LogP contribution < -0.4 is 11.1 Å². The Hall–Kier alpha value is -2.77. The van der Waals surface area contributed by atoms with Crippen LogP contribution in [-0.2, 0) is 23.9 Å². The monoisotopic (exact) mass is 602 g/mol. The number of carboxylic acid groups (broad SMARTS) is 1. The molecule has 4 rings (SSSR count). The lowest BCUT2D eigenvalue weighted by Crippen LogP contribution is -2.70. The van der Waals surface area contributed by atoms with Crippen molar-refractivity contribution < 1.29 is 29.0 Å². The van der Waals surface area contributed by atoms with E-state index in [-0.39, 0.29) is 60.7 Å². The van der Waals surface area contributed by atoms with Crippen molar-refractivity contribution in [1.82, 2.24) is 15.2 Å². The Morgan fingerprint density at radius 3 is 2.62 bits per heavy atom. The normalized spacial score (nSPS) is 19.3. The maximum Gasteiger partial charge on any atom is 0.352 e. The summed E-state index contributed by atoms with van der Waals surface area (Å²) in [6.07, 6.45) is 1.40. The number of benzene rings is 1. The van der Waals surface area contributed by atoms with Gasteiger partial charge in [0.05, 0.1) is 21.3 Å². The van der Waals surface area contributed by atoms with Crippen molar-refractivity contribution in [2.24, 2.45) is 0 Å². The molecule has 194 valence electrons. The third-order valence-corrected chi connectivity index (χ3v) is 8.56. The highest BCUT2D eigenvalue weighted by Gasteiger charge is 2.54. The highest BCUT2D eigenvalue weighted by atomic mass is 35.5. The minimum Gasteiger partial charge on any atom is -0.477 e. The predicted octanol–water partition coefficient (Wildman–Crippen LogP) is 3.53. The molecule has 3 heterocycles. The summed E-state index contributed by atoms with van der Waals surface area (Å²) in [4.78, 5) is 54.7. The summed E-state index contributed by atoms with van der Waals surface area (Å²) >= 11 is 21.1. The van der Waals surface area contributed by atoms with E-state index in [0.29, 0.717) is 0 Å². The number of aliphatic carboxylic acids is 1. The van der Waals surface area contributed by atoms with Crippen LogP contribution in [0.1, 0.15) is 18.2 Å². The Balaban J connectivity index is 1.63. The molecule has 1 fully saturated rings. The number of esters is 1. The van der Waals surface area contributed by atoms with Gasteiger partial charge in [0.2, 0.25) is 0 Å². The molecule has 10 nitrogen and oxygen atoms in total. The maximum absolute atomic E-state index is 13.4. The molecule has 0 saturated carbocycles. The smallest absolute Gasteiger partial charge is 0.352 e. The van der Waals surface area contributed by atoms with Gasteiger partial charge in [-0.2, -0.15) is 0 Å². The van der Waals surface area contributed by atoms with Crippen LogP contribution in [0.3, 0.4) is 0 Å². The molecule has 0 aliphatic carbocycles. The van der Waals surface area contributed by atoms with Gasteiger partial charge in [0, 0.05) is 34.2 Å². The topological polar surface area (TPSA) is 152 Å². The first kappa shape index (κ1) is 27.3. The first-order chi connectivity index (χ1) is 17.5. The van der Waals surface area contributed by atoms with Crippen molar-refractivity contribution in [3.8, 4) is 0 Å². The second-order valence-corrected chi connectivity index (χ2v) is 11.0. The molecule has 37 heavy (non-hydrogen) atoms. The Morgan fingerprint density at radius 2 is 2.00 bits per heavy atom. The lowest BCUT2D eigenvalue weighted by Gasteiger charge is -2.49. The van der Waals surface area contributed by atoms with E-state index in [0.717, 1.165) is 16.2 Å². The SMILES string of the molecule is CC(=O)OCC1=C(C(=O)O)N2C(=O)C(NC(=O)/C(=C\c3c(Cl)ccc(Cl)c3Cl)c3csc(N)n3)[C@@H]2SC1. The van der Waals surface area contributed by atoms with E-state index in [1.807, 2.05) is 0 Å². The fourth-order valence-electron chi connectivity index (χ4n) is 3.69. The average molecular weight is 604 g/mol. The molecule has 1 saturated heterocycles. The molecule has 2 aliphatic heterocycles. The molecule has 2 aliphatic rings. The molecule has 1 aromatic heterocycles. The number of β-lactam (4-membered cyclic amide) rings is 1. The molecule has 0 bridgehead atoms. The number of carboxylic acids is 1. The average Bonchev–Trinajstić information content (AvgIpc) is 3.28. The van der Waals surface area contributed by atoms with Crippen molar-refractivity contribution in [2.45, 2.75) is 18.3 Å². The fourth-order valence-corrected chi connectivity index (χ4v) is 6.22. The van der Waals surface area contributed by atoms with Gasteiger partial charge in [-0.15, -0.1) is 23.1 Å². The summed E-state index contributed by atoms with van der Waals surface area (Å²) in [6, 6.07) is 2.01. The van der Waals surface area contributed by atoms with Crippen molar-refractivity contribution in [3.63, 3.8) is 0 Å². The Kier molecular flexibility index (Phi) is 8.05. The van der Waals surface area contributed by atoms with E-state index in [9.17, 15) is 24.3 Å². The highest BCUT2D eigenvalue weighted by molar-refractivity contribution is 8.00. The summed E-state index contributed by atoms with van der Waals surface area (Å²) in [6.45, 7) is 0.946. The van der Waals surface area contributed by atoms with Crippen molar-refractivity contribution in [1.29, 1.82) is 0 Å². The van der Waals surface area contributed by atoms with E-state index < -0.39 is 35.2 Å². The molecule has 1 unspecified atom stereocenters. The van der Waals surface area contributed by atoms with Crippen LogP contribution in [0.4, 0.5) is 5.13 Å². The van der Waals surface area contributed by atoms with Gasteiger partial charge in [0.1, 0.15) is 23.7 Å². The second kappa shape index (κ2) is 10.9. The van der Waals surface area contributed by atoms with Crippen LogP contribution in [0.15, 0.2) is 28.8 Å². The van der Waals surface area contributed by atoms with Crippen molar-refractivity contribution in [3.05, 3.63) is 55.1 Å². The molecule has 0 spiro atoms. The van der Waals surface area contributed by atoms with Gasteiger partial charge in [-0.3, -0.25) is 19.3 Å². The molecule has 15 heteroatoms. The Bertz CT molecular complexity index is 1390. The number of hydrogen-bond donors (Lipinski definition) is 3. The number of nitrogens with zero attached hydrogens (tertiary/aromatic N) is 2. The number of nitrogen functional groups attached to an aromatic ring is 1. The van der Waals surface area contributed by atoms with Gasteiger partial charge in [-0.05, 0) is 18.2 Å². The van der Waals surface area contributed by atoms with Gasteiger partial charge in [-0.1, -0.05) is 34.8 Å². The number of anilines is 1. The van der Waals surface area contributed by atoms with E-state index in [1.165, 1.54) is 36.9 Å². The predicted molar refractivity (Wildman–Crippen MR) is 142 cm³/mol. The third-order valence-electron chi connectivity index (χ3n) is 5.40. The molecule has 4 N–H and O–H groups in total. The van der Waals surface area contributed by atoms with E-state index in [2.05, 4.69) is 10.3 Å². The van der Waals surface area contributed by atoms with Crippen LogP contribution in [0.5, 0.6) is 0 Å². The number of carbonyl (C=O) groups is 4. The van der Waals surface area contributed by atoms with E-state index in [1.54, 1.807) is 5.38 Å². The van der Waals surface area contributed by atoms with Crippen LogP contribution >= 0.6 is 57.9 Å². The van der Waals surface area contributed by atoms with Crippen LogP contribution in [0.25, 0.3) is 11.6 Å². The quantitative estimate of drug-likeness (QED) is 0.187. The Morgan fingerprint density at radius 1 is 1.30 bits per heavy atom. The highest BCUT2D eigenvalue weighted by Crippen LogP contribution is 2.41. The number of aromatic nitrogens is 1. The van der Waals surface area contributed by atoms with Crippen LogP contribution in [0.2, 0.25) is 15.1 Å². The minimum atomic E-state index is -1.34. The number of nitrogens with one attached hydrogen (secondary N) is 1. The van der Waals surface area contributed by atoms with Gasteiger partial charge >= 0.3 is 11.9 Å². The van der Waals surface area contributed by atoms with Gasteiger partial charge in [-0.25, -0.2) is 9.78 Å². The fraction of sp³-hybridized carbons (Fsp3) is 0.227. The zero-order valence-corrected chi connectivity index (χ0v) is 22.7. The number of nitrogens with two attached hydrogens (primary N) is 1. The second-order valence-electron chi connectivity index (χ2n) is 7.78. The number of amides is 2. The van der Waals surface area contributed by atoms with E-state index in [4.69, 9.17) is 45.3 Å². The first-order valence-electron chi connectivity index (χ1n) is 10.4.